The monoisotopic (exact) mass is 549 g/mol. The molecular formula is C28H29ClFN7O2. The van der Waals surface area contributed by atoms with Crippen LogP contribution in [-0.2, 0) is 4.74 Å². The third-order valence-electron chi connectivity index (χ3n) is 8.12. The predicted octanol–water partition coefficient (Wildman–Crippen LogP) is 3.15. The van der Waals surface area contributed by atoms with Crippen LogP contribution in [-0.4, -0.2) is 65.3 Å². The second-order valence-electron chi connectivity index (χ2n) is 10.3. The Balaban J connectivity index is 1.13. The molecule has 8 rings (SSSR count). The van der Waals surface area contributed by atoms with Gasteiger partial charge in [-0.1, -0.05) is 17.7 Å². The number of anilines is 1. The molecule has 0 saturated carbocycles. The van der Waals surface area contributed by atoms with E-state index >= 15 is 0 Å². The van der Waals surface area contributed by atoms with Gasteiger partial charge in [0, 0.05) is 54.6 Å². The van der Waals surface area contributed by atoms with E-state index in [2.05, 4.69) is 39.4 Å². The maximum absolute atomic E-state index is 14.5. The van der Waals surface area contributed by atoms with Crippen molar-refractivity contribution in [2.45, 2.75) is 38.0 Å². The predicted molar refractivity (Wildman–Crippen MR) is 145 cm³/mol. The van der Waals surface area contributed by atoms with Crippen molar-refractivity contribution in [1.82, 2.24) is 31.2 Å². The molecule has 3 unspecified atom stereocenters. The first-order valence-electron chi connectivity index (χ1n) is 13.3. The van der Waals surface area contributed by atoms with Crippen LogP contribution in [0.4, 0.5) is 10.2 Å². The first-order valence-corrected chi connectivity index (χ1v) is 13.7. The minimum absolute atomic E-state index is 0.0241. The first-order chi connectivity index (χ1) is 19.0. The number of halogens is 2. The van der Waals surface area contributed by atoms with E-state index in [1.165, 1.54) is 17.7 Å². The summed E-state index contributed by atoms with van der Waals surface area (Å²) in [6.45, 7) is 4.47. The van der Waals surface area contributed by atoms with Crippen LogP contribution in [0.2, 0.25) is 5.02 Å². The number of hydrogen-bond donors (Lipinski definition) is 3. The molecule has 11 heteroatoms. The molecule has 3 atom stereocenters. The van der Waals surface area contributed by atoms with E-state index < -0.39 is 5.82 Å². The van der Waals surface area contributed by atoms with Crippen molar-refractivity contribution in [2.24, 2.45) is 0 Å². The van der Waals surface area contributed by atoms with Crippen molar-refractivity contribution in [3.63, 3.8) is 0 Å². The van der Waals surface area contributed by atoms with Crippen molar-refractivity contribution in [2.75, 3.05) is 31.1 Å². The number of hydrogen-bond acceptors (Lipinski definition) is 8. The molecule has 39 heavy (non-hydrogen) atoms. The normalized spacial score (nSPS) is 25.5. The van der Waals surface area contributed by atoms with Gasteiger partial charge in [-0.15, -0.1) is 0 Å². The van der Waals surface area contributed by atoms with Crippen LogP contribution in [0.5, 0.6) is 0 Å². The van der Waals surface area contributed by atoms with Crippen LogP contribution in [0, 0.1) is 5.82 Å². The second kappa shape index (κ2) is 9.63. The van der Waals surface area contributed by atoms with E-state index in [0.717, 1.165) is 47.8 Å². The first kappa shape index (κ1) is 24.6. The topological polar surface area (TPSA) is 85.0 Å². The lowest BCUT2D eigenvalue weighted by Gasteiger charge is -2.52. The van der Waals surface area contributed by atoms with E-state index in [1.54, 1.807) is 11.0 Å². The van der Waals surface area contributed by atoms with Gasteiger partial charge in [0.1, 0.15) is 23.6 Å². The number of allylic oxidation sites excluding steroid dienone is 2. The maximum atomic E-state index is 14.5. The Morgan fingerprint density at radius 2 is 2.08 bits per heavy atom. The summed E-state index contributed by atoms with van der Waals surface area (Å²) in [6, 6.07) is 8.60. The lowest BCUT2D eigenvalue weighted by atomic mass is 9.90. The number of pyridine rings is 1. The Morgan fingerprint density at radius 1 is 1.21 bits per heavy atom. The fourth-order valence-corrected chi connectivity index (χ4v) is 6.53. The summed E-state index contributed by atoms with van der Waals surface area (Å²) < 4.78 is 20.3. The molecule has 1 aromatic carbocycles. The molecule has 1 amide bonds. The average molecular weight is 550 g/mol. The Kier molecular flexibility index (Phi) is 6.07. The summed E-state index contributed by atoms with van der Waals surface area (Å²) in [5.74, 6) is 0.749. The molecule has 6 aliphatic rings. The van der Waals surface area contributed by atoms with Gasteiger partial charge in [0.05, 0.1) is 29.1 Å². The van der Waals surface area contributed by atoms with Crippen molar-refractivity contribution in [1.29, 1.82) is 0 Å². The zero-order valence-corrected chi connectivity index (χ0v) is 22.2. The van der Waals surface area contributed by atoms with E-state index in [0.29, 0.717) is 19.7 Å². The Labute approximate surface area is 230 Å². The Hall–Kier alpha value is -3.44. The Morgan fingerprint density at radius 3 is 2.82 bits per heavy atom. The third-order valence-corrected chi connectivity index (χ3v) is 8.43. The van der Waals surface area contributed by atoms with Crippen LogP contribution in [0.1, 0.15) is 35.7 Å². The number of piperidine rings is 2. The molecule has 0 radical (unpaired) electrons. The second-order valence-corrected chi connectivity index (χ2v) is 10.7. The third kappa shape index (κ3) is 4.10. The highest BCUT2D eigenvalue weighted by atomic mass is 35.5. The number of nitrogens with zero attached hydrogens (tertiary/aromatic N) is 4. The standard InChI is InChI=1S/C28H29ClFN7O2/c1-2-39-19-10-20(26-21-12-32-33-27(21)34-37(26)15-19)16-6-9-24(31-11-16)35-13-18-8-7-17(35)14-36(18)28(38)25-22(29)4-3-5-23(25)30/h3-6,9-11,15,17-18,27,32-34H,2,7-8,12-14H2,1H3. The number of carbonyl (C=O) groups excluding carboxylic acids is 1. The van der Waals surface area contributed by atoms with Gasteiger partial charge in [-0.05, 0) is 50.1 Å². The maximum Gasteiger partial charge on any atom is 0.258 e. The largest absolute Gasteiger partial charge is 0.492 e. The number of fused-ring (bicyclic) bond motifs is 5. The molecule has 2 bridgehead atoms. The molecule has 6 aliphatic heterocycles. The molecule has 4 fully saturated rings. The molecular weight excluding hydrogens is 521 g/mol. The summed E-state index contributed by atoms with van der Waals surface area (Å²) in [6.07, 6.45) is 7.82. The molecule has 0 spiro atoms. The minimum Gasteiger partial charge on any atom is -0.492 e. The number of carbonyl (C=O) groups is 1. The quantitative estimate of drug-likeness (QED) is 0.525. The van der Waals surface area contributed by atoms with Crippen LogP contribution < -0.4 is 21.2 Å². The zero-order chi connectivity index (χ0) is 26.7. The minimum atomic E-state index is -0.579. The summed E-state index contributed by atoms with van der Waals surface area (Å²) in [7, 11) is 0. The molecule has 9 nitrogen and oxygen atoms in total. The van der Waals surface area contributed by atoms with Gasteiger partial charge in [0.25, 0.3) is 5.91 Å². The van der Waals surface area contributed by atoms with Crippen LogP contribution >= 0.6 is 11.6 Å². The van der Waals surface area contributed by atoms with Gasteiger partial charge in [-0.2, -0.15) is 0 Å². The summed E-state index contributed by atoms with van der Waals surface area (Å²) >= 11 is 6.20. The van der Waals surface area contributed by atoms with E-state index in [4.69, 9.17) is 21.3 Å². The Bertz CT molecular complexity index is 1410. The van der Waals surface area contributed by atoms with Gasteiger partial charge in [-0.3, -0.25) is 15.2 Å². The molecule has 0 aliphatic carbocycles. The fourth-order valence-electron chi connectivity index (χ4n) is 6.29. The number of nitrogens with one attached hydrogen (secondary N) is 3. The lowest BCUT2D eigenvalue weighted by Crippen LogP contribution is -2.64. The number of benzene rings is 1. The molecule has 7 heterocycles. The smallest absolute Gasteiger partial charge is 0.258 e. The van der Waals surface area contributed by atoms with Crippen LogP contribution in [0.25, 0.3) is 5.57 Å². The van der Waals surface area contributed by atoms with Crippen molar-refractivity contribution in [3.8, 4) is 0 Å². The molecule has 3 N–H and O–H groups in total. The SMILES string of the molecule is CCOC1=CN2NC3NNCC3=C2C(c2ccc(N3CC4CCC3CN4C(=O)c3c(F)cccc3Cl)nc2)=C1. The van der Waals surface area contributed by atoms with Crippen LogP contribution in [0.3, 0.4) is 0 Å². The van der Waals surface area contributed by atoms with Gasteiger partial charge in [0.2, 0.25) is 0 Å². The number of amides is 1. The zero-order valence-electron chi connectivity index (χ0n) is 21.5. The van der Waals surface area contributed by atoms with E-state index in [1.807, 2.05) is 24.3 Å². The fraction of sp³-hybridized carbons (Fsp3) is 0.357. The average Bonchev–Trinajstić information content (AvgIpc) is 3.54. The number of aromatic nitrogens is 1. The van der Waals surface area contributed by atoms with Crippen molar-refractivity contribution in [3.05, 3.63) is 87.8 Å². The number of rotatable bonds is 5. The molecule has 4 saturated heterocycles. The summed E-state index contributed by atoms with van der Waals surface area (Å²) in [5.41, 5.74) is 14.3. The lowest BCUT2D eigenvalue weighted by molar-refractivity contribution is 0.0500. The highest BCUT2D eigenvalue weighted by Gasteiger charge is 2.43. The number of ether oxygens (including phenoxy) is 1. The highest BCUT2D eigenvalue weighted by molar-refractivity contribution is 6.33. The number of hydrazine groups is 2. The van der Waals surface area contributed by atoms with Gasteiger partial charge >= 0.3 is 0 Å². The number of piperazine rings is 1. The van der Waals surface area contributed by atoms with Crippen molar-refractivity contribution >= 4 is 28.9 Å². The van der Waals surface area contributed by atoms with Gasteiger partial charge in [0.15, 0.2) is 0 Å². The summed E-state index contributed by atoms with van der Waals surface area (Å²) in [5, 5.41) is 2.18. The van der Waals surface area contributed by atoms with E-state index in [9.17, 15) is 9.18 Å². The van der Waals surface area contributed by atoms with Crippen LogP contribution in [0.15, 0.2) is 65.8 Å². The van der Waals surface area contributed by atoms with E-state index in [-0.39, 0.29) is 34.7 Å². The summed E-state index contributed by atoms with van der Waals surface area (Å²) in [4.78, 5) is 22.2. The molecule has 2 aromatic rings. The highest BCUT2D eigenvalue weighted by Crippen LogP contribution is 2.39. The molecule has 202 valence electrons. The van der Waals surface area contributed by atoms with Gasteiger partial charge in [-0.25, -0.2) is 20.2 Å². The van der Waals surface area contributed by atoms with Gasteiger partial charge < -0.3 is 14.5 Å². The van der Waals surface area contributed by atoms with Crippen molar-refractivity contribution < 1.29 is 13.9 Å². The molecule has 1 aromatic heterocycles.